The predicted octanol–water partition coefficient (Wildman–Crippen LogP) is 2.90. The first-order valence-corrected chi connectivity index (χ1v) is 11.1. The quantitative estimate of drug-likeness (QED) is 0.665. The molecule has 0 aliphatic carbocycles. The maximum Gasteiger partial charge on any atom is 0.224 e. The Kier molecular flexibility index (Phi) is 8.09. The Labute approximate surface area is 185 Å². The van der Waals surface area contributed by atoms with Crippen LogP contribution >= 0.6 is 0 Å². The summed E-state index contributed by atoms with van der Waals surface area (Å²) in [4.78, 5) is 15.2. The number of methoxy groups -OCH3 is 1. The van der Waals surface area contributed by atoms with E-state index in [0.29, 0.717) is 32.1 Å². The van der Waals surface area contributed by atoms with Gasteiger partial charge in [0.15, 0.2) is 0 Å². The van der Waals surface area contributed by atoms with E-state index in [0.717, 1.165) is 42.3 Å². The van der Waals surface area contributed by atoms with E-state index in [9.17, 15) is 4.79 Å². The molecule has 0 radical (unpaired) electrons. The molecule has 3 rings (SSSR count). The van der Waals surface area contributed by atoms with Gasteiger partial charge in [-0.1, -0.05) is 26.0 Å². The van der Waals surface area contributed by atoms with Gasteiger partial charge in [-0.2, -0.15) is 5.10 Å². The zero-order valence-corrected chi connectivity index (χ0v) is 19.5. The molecule has 1 aromatic heterocycles. The topological polar surface area (TPSA) is 68.6 Å². The van der Waals surface area contributed by atoms with E-state index < -0.39 is 0 Å². The van der Waals surface area contributed by atoms with Gasteiger partial charge in [-0.3, -0.25) is 14.4 Å². The monoisotopic (exact) mass is 428 g/mol. The van der Waals surface area contributed by atoms with Crippen molar-refractivity contribution in [2.45, 2.75) is 46.7 Å². The molecule has 0 bridgehead atoms. The molecule has 2 aromatic rings. The molecule has 1 N–H and O–H groups in total. The molecule has 7 nitrogen and oxygen atoms in total. The van der Waals surface area contributed by atoms with Gasteiger partial charge >= 0.3 is 0 Å². The highest BCUT2D eigenvalue weighted by atomic mass is 16.5. The predicted molar refractivity (Wildman–Crippen MR) is 121 cm³/mol. The number of carbonyl (C=O) groups excluding carboxylic acids is 1. The Bertz CT molecular complexity index is 854. The Morgan fingerprint density at radius 1 is 1.19 bits per heavy atom. The SMILES string of the molecule is COc1ccc(C(CNC(=O)Cc2c(C)nn(CC(C)C)c2C)N2CCOCC2)cc1. The number of nitrogens with one attached hydrogen (secondary N) is 1. The number of ether oxygens (including phenoxy) is 2. The normalized spacial score (nSPS) is 15.8. The van der Waals surface area contributed by atoms with Gasteiger partial charge in [-0.15, -0.1) is 0 Å². The number of nitrogens with zero attached hydrogens (tertiary/aromatic N) is 3. The summed E-state index contributed by atoms with van der Waals surface area (Å²) < 4.78 is 12.8. The van der Waals surface area contributed by atoms with Gasteiger partial charge in [-0.05, 0) is 37.5 Å². The molecular formula is C24H36N4O3. The molecule has 1 fully saturated rings. The third kappa shape index (κ3) is 6.08. The van der Waals surface area contributed by atoms with Crippen LogP contribution in [-0.2, 0) is 22.5 Å². The number of morpholine rings is 1. The second-order valence-corrected chi connectivity index (χ2v) is 8.64. The highest BCUT2D eigenvalue weighted by Crippen LogP contribution is 2.24. The van der Waals surface area contributed by atoms with Crippen LogP contribution in [0.4, 0.5) is 0 Å². The fourth-order valence-electron chi connectivity index (χ4n) is 4.12. The number of rotatable bonds is 9. The van der Waals surface area contributed by atoms with E-state index in [4.69, 9.17) is 9.47 Å². The lowest BCUT2D eigenvalue weighted by Gasteiger charge is -2.35. The van der Waals surface area contributed by atoms with Gasteiger partial charge in [0.2, 0.25) is 5.91 Å². The minimum absolute atomic E-state index is 0.0297. The molecule has 1 aliphatic rings. The maximum absolute atomic E-state index is 12.9. The number of aryl methyl sites for hydroxylation is 1. The van der Waals surface area contributed by atoms with E-state index >= 15 is 0 Å². The molecule has 1 amide bonds. The highest BCUT2D eigenvalue weighted by Gasteiger charge is 2.24. The minimum Gasteiger partial charge on any atom is -0.497 e. The van der Waals surface area contributed by atoms with Crippen LogP contribution in [0.25, 0.3) is 0 Å². The molecule has 2 heterocycles. The summed E-state index contributed by atoms with van der Waals surface area (Å²) in [5.74, 6) is 1.37. The van der Waals surface area contributed by atoms with E-state index in [1.165, 1.54) is 5.56 Å². The second-order valence-electron chi connectivity index (χ2n) is 8.64. The van der Waals surface area contributed by atoms with E-state index in [2.05, 4.69) is 48.2 Å². The van der Waals surface area contributed by atoms with Crippen LogP contribution in [0.2, 0.25) is 0 Å². The van der Waals surface area contributed by atoms with Crippen molar-refractivity contribution in [1.82, 2.24) is 20.0 Å². The third-order valence-corrected chi connectivity index (χ3v) is 5.89. The summed E-state index contributed by atoms with van der Waals surface area (Å²) in [6.07, 6.45) is 0.355. The first-order valence-electron chi connectivity index (χ1n) is 11.1. The van der Waals surface area contributed by atoms with Crippen LogP contribution in [-0.4, -0.2) is 60.5 Å². The first kappa shape index (κ1) is 23.3. The van der Waals surface area contributed by atoms with Crippen molar-refractivity contribution in [3.05, 3.63) is 46.8 Å². The zero-order chi connectivity index (χ0) is 22.4. The Morgan fingerprint density at radius 3 is 2.48 bits per heavy atom. The molecule has 0 saturated carbocycles. The molecule has 1 aliphatic heterocycles. The Balaban J connectivity index is 1.68. The van der Waals surface area contributed by atoms with E-state index in [1.54, 1.807) is 7.11 Å². The summed E-state index contributed by atoms with van der Waals surface area (Å²) in [5, 5.41) is 7.81. The molecular weight excluding hydrogens is 392 g/mol. The summed E-state index contributed by atoms with van der Waals surface area (Å²) in [6, 6.07) is 8.20. The third-order valence-electron chi connectivity index (χ3n) is 5.89. The van der Waals surface area contributed by atoms with Crippen molar-refractivity contribution < 1.29 is 14.3 Å². The maximum atomic E-state index is 12.9. The number of aromatic nitrogens is 2. The summed E-state index contributed by atoms with van der Waals surface area (Å²) >= 11 is 0. The van der Waals surface area contributed by atoms with Crippen molar-refractivity contribution in [3.8, 4) is 5.75 Å². The lowest BCUT2D eigenvalue weighted by Crippen LogP contribution is -2.44. The van der Waals surface area contributed by atoms with Gasteiger partial charge in [0.25, 0.3) is 0 Å². The van der Waals surface area contributed by atoms with Crippen molar-refractivity contribution >= 4 is 5.91 Å². The average Bonchev–Trinajstić information content (AvgIpc) is 3.02. The van der Waals surface area contributed by atoms with Gasteiger partial charge in [0, 0.05) is 37.4 Å². The Morgan fingerprint density at radius 2 is 1.87 bits per heavy atom. The molecule has 1 unspecified atom stereocenters. The first-order chi connectivity index (χ1) is 14.9. The number of benzene rings is 1. The van der Waals surface area contributed by atoms with Gasteiger partial charge in [0.1, 0.15) is 5.75 Å². The summed E-state index contributed by atoms with van der Waals surface area (Å²) in [7, 11) is 1.67. The smallest absolute Gasteiger partial charge is 0.224 e. The van der Waals surface area contributed by atoms with Crippen LogP contribution < -0.4 is 10.1 Å². The lowest BCUT2D eigenvalue weighted by molar-refractivity contribution is -0.120. The lowest BCUT2D eigenvalue weighted by atomic mass is 10.0. The number of hydrogen-bond acceptors (Lipinski definition) is 5. The average molecular weight is 429 g/mol. The van der Waals surface area contributed by atoms with Crippen LogP contribution in [0.1, 0.15) is 42.4 Å². The summed E-state index contributed by atoms with van der Waals surface area (Å²) in [6.45, 7) is 13.0. The van der Waals surface area contributed by atoms with Gasteiger partial charge in [-0.25, -0.2) is 0 Å². The molecule has 170 valence electrons. The van der Waals surface area contributed by atoms with Crippen LogP contribution in [0.15, 0.2) is 24.3 Å². The largest absolute Gasteiger partial charge is 0.497 e. The summed E-state index contributed by atoms with van der Waals surface area (Å²) in [5.41, 5.74) is 4.22. The Hall–Kier alpha value is -2.38. The zero-order valence-electron chi connectivity index (χ0n) is 19.5. The van der Waals surface area contributed by atoms with E-state index in [1.807, 2.05) is 23.7 Å². The molecule has 1 atom stereocenters. The van der Waals surface area contributed by atoms with Crippen LogP contribution in [0, 0.1) is 19.8 Å². The molecule has 1 aromatic carbocycles. The minimum atomic E-state index is 0.0297. The number of amides is 1. The van der Waals surface area contributed by atoms with Crippen molar-refractivity contribution in [1.29, 1.82) is 0 Å². The van der Waals surface area contributed by atoms with Crippen LogP contribution in [0.5, 0.6) is 5.75 Å². The van der Waals surface area contributed by atoms with Crippen molar-refractivity contribution in [2.24, 2.45) is 5.92 Å². The van der Waals surface area contributed by atoms with Gasteiger partial charge in [0.05, 0.1) is 38.5 Å². The van der Waals surface area contributed by atoms with Gasteiger partial charge < -0.3 is 14.8 Å². The van der Waals surface area contributed by atoms with Crippen LogP contribution in [0.3, 0.4) is 0 Å². The van der Waals surface area contributed by atoms with Crippen molar-refractivity contribution in [3.63, 3.8) is 0 Å². The number of carbonyl (C=O) groups is 1. The highest BCUT2D eigenvalue weighted by molar-refractivity contribution is 5.79. The van der Waals surface area contributed by atoms with E-state index in [-0.39, 0.29) is 11.9 Å². The molecule has 31 heavy (non-hydrogen) atoms. The standard InChI is InChI=1S/C24H36N4O3/c1-17(2)16-28-19(4)22(18(3)26-28)14-24(29)25-15-23(27-10-12-31-13-11-27)20-6-8-21(30-5)9-7-20/h6-9,17,23H,10-16H2,1-5H3,(H,25,29). The second kappa shape index (κ2) is 10.8. The molecule has 0 spiro atoms. The fourth-order valence-corrected chi connectivity index (χ4v) is 4.12. The van der Waals surface area contributed by atoms with Crippen molar-refractivity contribution in [2.75, 3.05) is 40.0 Å². The molecule has 7 heteroatoms. The number of hydrogen-bond donors (Lipinski definition) is 1. The fraction of sp³-hybridized carbons (Fsp3) is 0.583. The molecule has 1 saturated heterocycles.